The van der Waals surface area contributed by atoms with E-state index >= 15 is 0 Å². The van der Waals surface area contributed by atoms with E-state index in [4.69, 9.17) is 16.3 Å². The van der Waals surface area contributed by atoms with Crippen LogP contribution in [0.3, 0.4) is 0 Å². The normalized spacial score (nSPS) is 10.3. The van der Waals surface area contributed by atoms with Gasteiger partial charge in [0.05, 0.1) is 25.3 Å². The van der Waals surface area contributed by atoms with Gasteiger partial charge in [0.2, 0.25) is 5.91 Å². The average Bonchev–Trinajstić information content (AvgIpc) is 3.00. The van der Waals surface area contributed by atoms with Crippen molar-refractivity contribution < 1.29 is 14.3 Å². The number of halogens is 1. The molecule has 0 radical (unpaired) electrons. The van der Waals surface area contributed by atoms with Crippen molar-refractivity contribution in [1.82, 2.24) is 25.5 Å². The number of rotatable bonds is 7. The SMILES string of the molecule is CCOC(=O)CCC(=O)NCc1nnnn1-c1ccc(Cl)cc1. The lowest BCUT2D eigenvalue weighted by atomic mass is 10.3. The topological polar surface area (TPSA) is 99.0 Å². The van der Waals surface area contributed by atoms with Crippen LogP contribution in [0.25, 0.3) is 5.69 Å². The van der Waals surface area contributed by atoms with Crippen molar-refractivity contribution in [3.8, 4) is 5.69 Å². The van der Waals surface area contributed by atoms with Gasteiger partial charge in [0, 0.05) is 11.4 Å². The van der Waals surface area contributed by atoms with E-state index in [0.29, 0.717) is 17.5 Å². The number of amides is 1. The van der Waals surface area contributed by atoms with Gasteiger partial charge in [-0.1, -0.05) is 11.6 Å². The van der Waals surface area contributed by atoms with E-state index in [-0.39, 0.29) is 25.3 Å². The summed E-state index contributed by atoms with van der Waals surface area (Å²) in [6.07, 6.45) is 0.100. The Bertz CT molecular complexity index is 671. The minimum absolute atomic E-state index is 0.0435. The van der Waals surface area contributed by atoms with Crippen molar-refractivity contribution in [1.29, 1.82) is 0 Å². The number of aromatic nitrogens is 4. The Balaban J connectivity index is 1.89. The van der Waals surface area contributed by atoms with Crippen LogP contribution in [-0.4, -0.2) is 38.7 Å². The second-order valence-corrected chi connectivity index (χ2v) is 5.00. The van der Waals surface area contributed by atoms with Gasteiger partial charge in [-0.25, -0.2) is 0 Å². The van der Waals surface area contributed by atoms with E-state index in [0.717, 1.165) is 5.69 Å². The van der Waals surface area contributed by atoms with Gasteiger partial charge in [-0.05, 0) is 41.6 Å². The fourth-order valence-corrected chi connectivity index (χ4v) is 1.94. The van der Waals surface area contributed by atoms with Gasteiger partial charge in [0.15, 0.2) is 5.82 Å². The molecule has 0 unspecified atom stereocenters. The molecule has 23 heavy (non-hydrogen) atoms. The zero-order valence-electron chi connectivity index (χ0n) is 12.5. The molecule has 1 N–H and O–H groups in total. The maximum Gasteiger partial charge on any atom is 0.306 e. The standard InChI is InChI=1S/C14H16ClN5O3/c1-2-23-14(22)8-7-13(21)16-9-12-17-18-19-20(12)11-5-3-10(15)4-6-11/h3-6H,2,7-9H2,1H3,(H,16,21). The minimum Gasteiger partial charge on any atom is -0.466 e. The molecule has 2 rings (SSSR count). The van der Waals surface area contributed by atoms with Crippen LogP contribution in [0, 0.1) is 0 Å². The average molecular weight is 338 g/mol. The Hall–Kier alpha value is -2.48. The third-order valence-corrected chi connectivity index (χ3v) is 3.16. The molecule has 8 nitrogen and oxygen atoms in total. The maximum absolute atomic E-state index is 11.7. The van der Waals surface area contributed by atoms with Gasteiger partial charge in [-0.3, -0.25) is 9.59 Å². The molecule has 0 aliphatic rings. The number of esters is 1. The lowest BCUT2D eigenvalue weighted by Crippen LogP contribution is -2.25. The molecule has 9 heteroatoms. The largest absolute Gasteiger partial charge is 0.466 e. The van der Waals surface area contributed by atoms with E-state index < -0.39 is 5.97 Å². The number of carbonyl (C=O) groups is 2. The molecule has 1 amide bonds. The van der Waals surface area contributed by atoms with Gasteiger partial charge >= 0.3 is 5.97 Å². The summed E-state index contributed by atoms with van der Waals surface area (Å²) in [4.78, 5) is 22.9. The summed E-state index contributed by atoms with van der Waals surface area (Å²) in [7, 11) is 0. The number of tetrazole rings is 1. The van der Waals surface area contributed by atoms with E-state index in [1.54, 1.807) is 31.2 Å². The fourth-order valence-electron chi connectivity index (χ4n) is 1.81. The molecule has 0 atom stereocenters. The van der Waals surface area contributed by atoms with Crippen molar-refractivity contribution in [3.63, 3.8) is 0 Å². The summed E-state index contributed by atoms with van der Waals surface area (Å²) < 4.78 is 6.27. The van der Waals surface area contributed by atoms with Crippen LogP contribution in [0.15, 0.2) is 24.3 Å². The predicted molar refractivity (Wildman–Crippen MR) is 81.9 cm³/mol. The number of nitrogens with zero attached hydrogens (tertiary/aromatic N) is 4. The first kappa shape index (κ1) is 16.9. The molecule has 1 aromatic heterocycles. The van der Waals surface area contributed by atoms with E-state index in [1.807, 2.05) is 0 Å². The number of hydrogen-bond donors (Lipinski definition) is 1. The molecule has 0 saturated carbocycles. The Morgan fingerprint density at radius 1 is 1.26 bits per heavy atom. The lowest BCUT2D eigenvalue weighted by molar-refractivity contribution is -0.144. The first-order valence-electron chi connectivity index (χ1n) is 7.05. The smallest absolute Gasteiger partial charge is 0.306 e. The van der Waals surface area contributed by atoms with Crippen LogP contribution in [0.1, 0.15) is 25.6 Å². The molecule has 0 aliphatic carbocycles. The van der Waals surface area contributed by atoms with E-state index in [2.05, 4.69) is 20.8 Å². The van der Waals surface area contributed by atoms with Crippen molar-refractivity contribution in [2.45, 2.75) is 26.3 Å². The quantitative estimate of drug-likeness (QED) is 0.764. The lowest BCUT2D eigenvalue weighted by Gasteiger charge is -2.06. The highest BCUT2D eigenvalue weighted by molar-refractivity contribution is 6.30. The van der Waals surface area contributed by atoms with Crippen molar-refractivity contribution in [3.05, 3.63) is 35.1 Å². The Kier molecular flexibility index (Phi) is 6.04. The van der Waals surface area contributed by atoms with Crippen molar-refractivity contribution >= 4 is 23.5 Å². The molecule has 2 aromatic rings. The number of nitrogens with one attached hydrogen (secondary N) is 1. The molecular weight excluding hydrogens is 322 g/mol. The molecule has 0 spiro atoms. The van der Waals surface area contributed by atoms with Gasteiger partial charge < -0.3 is 10.1 Å². The molecule has 0 bridgehead atoms. The molecule has 0 saturated heterocycles. The summed E-state index contributed by atoms with van der Waals surface area (Å²) in [5, 5.41) is 14.6. The first-order chi connectivity index (χ1) is 11.1. The Labute approximate surface area is 137 Å². The van der Waals surface area contributed by atoms with Gasteiger partial charge in [0.25, 0.3) is 0 Å². The number of hydrogen-bond acceptors (Lipinski definition) is 6. The molecule has 1 heterocycles. The zero-order chi connectivity index (χ0) is 16.7. The number of carbonyl (C=O) groups excluding carboxylic acids is 2. The Morgan fingerprint density at radius 3 is 2.70 bits per heavy atom. The third kappa shape index (κ3) is 5.03. The predicted octanol–water partition coefficient (Wildman–Crippen LogP) is 1.28. The summed E-state index contributed by atoms with van der Waals surface area (Å²) in [5.41, 5.74) is 0.732. The molecule has 0 fully saturated rings. The molecular formula is C14H16ClN5O3. The third-order valence-electron chi connectivity index (χ3n) is 2.91. The minimum atomic E-state index is -0.395. The van der Waals surface area contributed by atoms with Gasteiger partial charge in [0.1, 0.15) is 0 Å². The van der Waals surface area contributed by atoms with Crippen LogP contribution in [0.5, 0.6) is 0 Å². The zero-order valence-corrected chi connectivity index (χ0v) is 13.3. The van der Waals surface area contributed by atoms with E-state index in [9.17, 15) is 9.59 Å². The van der Waals surface area contributed by atoms with Crippen LogP contribution in [-0.2, 0) is 20.9 Å². The van der Waals surface area contributed by atoms with Crippen LogP contribution >= 0.6 is 11.6 Å². The highest BCUT2D eigenvalue weighted by Crippen LogP contribution is 2.13. The number of benzene rings is 1. The van der Waals surface area contributed by atoms with Crippen LogP contribution in [0.4, 0.5) is 0 Å². The molecule has 122 valence electrons. The highest BCUT2D eigenvalue weighted by Gasteiger charge is 2.11. The summed E-state index contributed by atoms with van der Waals surface area (Å²) >= 11 is 5.84. The van der Waals surface area contributed by atoms with Gasteiger partial charge in [-0.15, -0.1) is 5.10 Å². The van der Waals surface area contributed by atoms with Crippen LogP contribution < -0.4 is 5.32 Å². The monoisotopic (exact) mass is 337 g/mol. The number of ether oxygens (including phenoxy) is 1. The summed E-state index contributed by atoms with van der Waals surface area (Å²) in [5.74, 6) is -0.200. The maximum atomic E-state index is 11.7. The summed E-state index contributed by atoms with van der Waals surface area (Å²) in [6.45, 7) is 2.17. The van der Waals surface area contributed by atoms with Crippen molar-refractivity contribution in [2.24, 2.45) is 0 Å². The van der Waals surface area contributed by atoms with Crippen molar-refractivity contribution in [2.75, 3.05) is 6.61 Å². The molecule has 1 aromatic carbocycles. The second kappa shape index (κ2) is 8.23. The Morgan fingerprint density at radius 2 is 2.00 bits per heavy atom. The summed E-state index contributed by atoms with van der Waals surface area (Å²) in [6, 6.07) is 6.98. The van der Waals surface area contributed by atoms with Crippen LogP contribution in [0.2, 0.25) is 5.02 Å². The molecule has 0 aliphatic heterocycles. The van der Waals surface area contributed by atoms with Gasteiger partial charge in [-0.2, -0.15) is 4.68 Å². The fraction of sp³-hybridized carbons (Fsp3) is 0.357. The second-order valence-electron chi connectivity index (χ2n) is 4.57. The highest BCUT2D eigenvalue weighted by atomic mass is 35.5. The first-order valence-corrected chi connectivity index (χ1v) is 7.43. The van der Waals surface area contributed by atoms with E-state index in [1.165, 1.54) is 4.68 Å².